The van der Waals surface area contributed by atoms with Gasteiger partial charge in [0.2, 0.25) is 0 Å². The molecule has 0 bridgehead atoms. The van der Waals surface area contributed by atoms with Crippen LogP contribution < -0.4 is 0 Å². The van der Waals surface area contributed by atoms with E-state index in [0.29, 0.717) is 38.4 Å². The van der Waals surface area contributed by atoms with Crippen LogP contribution in [0.3, 0.4) is 0 Å². The second-order valence-corrected chi connectivity index (χ2v) is 6.45. The molecule has 24 heavy (non-hydrogen) atoms. The summed E-state index contributed by atoms with van der Waals surface area (Å²) >= 11 is 3.55. The number of hydrogen-bond acceptors (Lipinski definition) is 4. The fraction of sp³-hybridized carbons (Fsp3) is 0.529. The lowest BCUT2D eigenvalue weighted by Gasteiger charge is -2.22. The molecule has 0 fully saturated rings. The number of carbonyl (C=O) groups is 1. The number of aromatic nitrogens is 2. The molecule has 0 N–H and O–H groups in total. The predicted molar refractivity (Wildman–Crippen MR) is 96.7 cm³/mol. The molecule has 7 heteroatoms. The van der Waals surface area contributed by atoms with Gasteiger partial charge in [0.25, 0.3) is 5.91 Å². The first-order chi connectivity index (χ1) is 11.5. The third-order valence-electron chi connectivity index (χ3n) is 3.84. The molecular weight excluding hydrogens is 374 g/mol. The Labute approximate surface area is 150 Å². The van der Waals surface area contributed by atoms with Crippen molar-refractivity contribution in [3.8, 4) is 0 Å². The van der Waals surface area contributed by atoms with E-state index in [1.807, 2.05) is 30.5 Å². The molecule has 6 nitrogen and oxygen atoms in total. The van der Waals surface area contributed by atoms with Crippen LogP contribution in [-0.2, 0) is 15.9 Å². The summed E-state index contributed by atoms with van der Waals surface area (Å²) in [5, 5.41) is 0. The first-order valence-corrected chi connectivity index (χ1v) is 8.77. The zero-order chi connectivity index (χ0) is 17.7. The van der Waals surface area contributed by atoms with E-state index in [9.17, 15) is 4.79 Å². The van der Waals surface area contributed by atoms with Gasteiger partial charge in [-0.1, -0.05) is 6.92 Å². The minimum Gasteiger partial charge on any atom is -0.383 e. The topological polar surface area (TPSA) is 56.1 Å². The summed E-state index contributed by atoms with van der Waals surface area (Å²) < 4.78 is 13.0. The molecule has 2 aromatic heterocycles. The Morgan fingerprint density at radius 3 is 2.46 bits per heavy atom. The summed E-state index contributed by atoms with van der Waals surface area (Å²) in [5.41, 5.74) is 3.23. The van der Waals surface area contributed by atoms with Gasteiger partial charge in [-0.25, -0.2) is 4.98 Å². The van der Waals surface area contributed by atoms with Crippen molar-refractivity contribution < 1.29 is 14.3 Å². The Hall–Kier alpha value is -1.44. The standard InChI is InChI=1S/C17H24BrN3O3/c1-5-14-15(17(22)20(6-8-23-3)7-9-24-4)21-11-12(2)10-13(18)16(21)19-14/h10-11H,5-9H2,1-4H3. The van der Waals surface area contributed by atoms with Crippen LogP contribution in [0.4, 0.5) is 0 Å². The van der Waals surface area contributed by atoms with Gasteiger partial charge in [0, 0.05) is 33.5 Å². The number of rotatable bonds is 8. The molecule has 0 saturated carbocycles. The van der Waals surface area contributed by atoms with Gasteiger partial charge in [0.05, 0.1) is 23.4 Å². The van der Waals surface area contributed by atoms with Crippen LogP contribution in [-0.4, -0.2) is 60.7 Å². The van der Waals surface area contributed by atoms with Gasteiger partial charge in [-0.05, 0) is 40.9 Å². The lowest BCUT2D eigenvalue weighted by atomic mass is 10.2. The number of fused-ring (bicyclic) bond motifs is 1. The summed E-state index contributed by atoms with van der Waals surface area (Å²) in [4.78, 5) is 19.6. The van der Waals surface area contributed by atoms with Gasteiger partial charge in [0.15, 0.2) is 5.65 Å². The Bertz CT molecular complexity index is 707. The number of nitrogens with zero attached hydrogens (tertiary/aromatic N) is 3. The van der Waals surface area contributed by atoms with Crippen LogP contribution in [0.2, 0.25) is 0 Å². The number of amides is 1. The van der Waals surface area contributed by atoms with E-state index in [0.717, 1.165) is 21.4 Å². The largest absolute Gasteiger partial charge is 0.383 e. The number of methoxy groups -OCH3 is 2. The Balaban J connectivity index is 2.49. The highest BCUT2D eigenvalue weighted by Gasteiger charge is 2.24. The fourth-order valence-corrected chi connectivity index (χ4v) is 3.26. The highest BCUT2D eigenvalue weighted by atomic mass is 79.9. The van der Waals surface area contributed by atoms with Crippen LogP contribution in [0.5, 0.6) is 0 Å². The lowest BCUT2D eigenvalue weighted by molar-refractivity contribution is 0.0619. The molecule has 0 aliphatic heterocycles. The number of imidazole rings is 1. The van der Waals surface area contributed by atoms with Gasteiger partial charge >= 0.3 is 0 Å². The molecule has 132 valence electrons. The molecule has 0 atom stereocenters. The van der Waals surface area contributed by atoms with E-state index in [1.165, 1.54) is 0 Å². The molecule has 1 amide bonds. The molecule has 2 rings (SSSR count). The van der Waals surface area contributed by atoms with Gasteiger partial charge < -0.3 is 14.4 Å². The smallest absolute Gasteiger partial charge is 0.272 e. The summed E-state index contributed by atoms with van der Waals surface area (Å²) in [5.74, 6) is -0.0500. The zero-order valence-corrected chi connectivity index (χ0v) is 16.2. The molecule has 2 heterocycles. The minimum atomic E-state index is -0.0500. The SMILES string of the molecule is CCc1nc2c(Br)cc(C)cn2c1C(=O)N(CCOC)CCOC. The van der Waals surface area contributed by atoms with Gasteiger partial charge in [0.1, 0.15) is 5.69 Å². The molecule has 0 aromatic carbocycles. The Kier molecular flexibility index (Phi) is 6.77. The maximum atomic E-state index is 13.2. The normalized spacial score (nSPS) is 11.2. The van der Waals surface area contributed by atoms with Gasteiger partial charge in [-0.3, -0.25) is 9.20 Å². The van der Waals surface area contributed by atoms with E-state index in [-0.39, 0.29) is 5.91 Å². The number of pyridine rings is 1. The molecule has 0 unspecified atom stereocenters. The highest BCUT2D eigenvalue weighted by Crippen LogP contribution is 2.24. The van der Waals surface area contributed by atoms with Crippen molar-refractivity contribution >= 4 is 27.5 Å². The van der Waals surface area contributed by atoms with Gasteiger partial charge in [-0.2, -0.15) is 0 Å². The van der Waals surface area contributed by atoms with E-state index < -0.39 is 0 Å². The molecule has 0 aliphatic rings. The van der Waals surface area contributed by atoms with E-state index >= 15 is 0 Å². The van der Waals surface area contributed by atoms with Crippen molar-refractivity contribution in [2.75, 3.05) is 40.5 Å². The molecule has 0 aliphatic carbocycles. The molecule has 0 radical (unpaired) electrons. The number of ether oxygens (including phenoxy) is 2. The van der Waals surface area contributed by atoms with Crippen LogP contribution in [0, 0.1) is 6.92 Å². The highest BCUT2D eigenvalue weighted by molar-refractivity contribution is 9.10. The van der Waals surface area contributed by atoms with Crippen LogP contribution in [0.1, 0.15) is 28.7 Å². The fourth-order valence-electron chi connectivity index (χ4n) is 2.62. The van der Waals surface area contributed by atoms with Crippen LogP contribution in [0.25, 0.3) is 5.65 Å². The Morgan fingerprint density at radius 1 is 1.29 bits per heavy atom. The summed E-state index contributed by atoms with van der Waals surface area (Å²) in [6.45, 7) is 6.00. The maximum absolute atomic E-state index is 13.2. The van der Waals surface area contributed by atoms with Crippen molar-refractivity contribution in [3.63, 3.8) is 0 Å². The average Bonchev–Trinajstić information content (AvgIpc) is 2.93. The summed E-state index contributed by atoms with van der Waals surface area (Å²) in [7, 11) is 3.26. The van der Waals surface area contributed by atoms with Crippen LogP contribution in [0.15, 0.2) is 16.7 Å². The van der Waals surface area contributed by atoms with Crippen LogP contribution >= 0.6 is 15.9 Å². The second kappa shape index (κ2) is 8.60. The minimum absolute atomic E-state index is 0.0500. The van der Waals surface area contributed by atoms with Crippen molar-refractivity contribution in [1.82, 2.24) is 14.3 Å². The van der Waals surface area contributed by atoms with E-state index in [2.05, 4.69) is 20.9 Å². The number of carbonyl (C=O) groups excluding carboxylic acids is 1. The van der Waals surface area contributed by atoms with Crippen molar-refractivity contribution in [2.24, 2.45) is 0 Å². The van der Waals surface area contributed by atoms with Crippen molar-refractivity contribution in [1.29, 1.82) is 0 Å². The first-order valence-electron chi connectivity index (χ1n) is 7.97. The summed E-state index contributed by atoms with van der Waals surface area (Å²) in [6.07, 6.45) is 2.64. The molecule has 0 saturated heterocycles. The van der Waals surface area contributed by atoms with Crippen molar-refractivity contribution in [2.45, 2.75) is 20.3 Å². The molecule has 0 spiro atoms. The molecular formula is C17H24BrN3O3. The maximum Gasteiger partial charge on any atom is 0.272 e. The van der Waals surface area contributed by atoms with Gasteiger partial charge in [-0.15, -0.1) is 0 Å². The number of aryl methyl sites for hydroxylation is 2. The van der Waals surface area contributed by atoms with Crippen molar-refractivity contribution in [3.05, 3.63) is 33.7 Å². The number of halogens is 1. The predicted octanol–water partition coefficient (Wildman–Crippen LogP) is 2.70. The first kappa shape index (κ1) is 18.9. The van der Waals surface area contributed by atoms with E-state index in [4.69, 9.17) is 9.47 Å². The summed E-state index contributed by atoms with van der Waals surface area (Å²) in [6, 6.07) is 2.00. The van der Waals surface area contributed by atoms with E-state index in [1.54, 1.807) is 19.1 Å². The quantitative estimate of drug-likeness (QED) is 0.686. The lowest BCUT2D eigenvalue weighted by Crippen LogP contribution is -2.37. The third kappa shape index (κ3) is 3.96. The third-order valence-corrected chi connectivity index (χ3v) is 4.42. The second-order valence-electron chi connectivity index (χ2n) is 5.60. The zero-order valence-electron chi connectivity index (χ0n) is 14.6. The molecule has 2 aromatic rings. The average molecular weight is 398 g/mol. The monoisotopic (exact) mass is 397 g/mol. The number of hydrogen-bond donors (Lipinski definition) is 0. The Morgan fingerprint density at radius 2 is 1.92 bits per heavy atom.